The second kappa shape index (κ2) is 6.81. The maximum Gasteiger partial charge on any atom is 0.273 e. The van der Waals surface area contributed by atoms with Gasteiger partial charge in [0.2, 0.25) is 5.91 Å². The summed E-state index contributed by atoms with van der Waals surface area (Å²) in [6.07, 6.45) is 6.04. The first-order chi connectivity index (χ1) is 11.1. The summed E-state index contributed by atoms with van der Waals surface area (Å²) in [5.41, 5.74) is -0.718. The van der Waals surface area contributed by atoms with Crippen molar-refractivity contribution in [3.05, 3.63) is 45.0 Å². The molecule has 2 aromatic rings. The Balaban J connectivity index is 1.66. The number of H-pyrrole nitrogens is 1. The van der Waals surface area contributed by atoms with Crippen molar-refractivity contribution in [1.82, 2.24) is 15.1 Å². The topological polar surface area (TPSA) is 84.0 Å². The molecule has 2 N–H and O–H groups in total. The minimum Gasteiger partial charge on any atom is -0.354 e. The number of benzene rings is 1. The number of carbonyl (C=O) groups excluding carboxylic acids is 1. The van der Waals surface area contributed by atoms with Gasteiger partial charge in [0.05, 0.1) is 10.8 Å². The van der Waals surface area contributed by atoms with Crippen molar-refractivity contribution in [2.75, 3.05) is 6.54 Å². The van der Waals surface area contributed by atoms with Gasteiger partial charge in [-0.25, -0.2) is 4.68 Å². The van der Waals surface area contributed by atoms with Gasteiger partial charge in [0.1, 0.15) is 6.54 Å². The summed E-state index contributed by atoms with van der Waals surface area (Å²) in [4.78, 5) is 36.3. The average Bonchev–Trinajstić information content (AvgIpc) is 3.06. The number of amides is 1. The molecule has 1 aromatic carbocycles. The predicted octanol–water partition coefficient (Wildman–Crippen LogP) is 1.39. The van der Waals surface area contributed by atoms with Crippen LogP contribution < -0.4 is 16.4 Å². The Morgan fingerprint density at radius 2 is 1.87 bits per heavy atom. The molecule has 23 heavy (non-hydrogen) atoms. The van der Waals surface area contributed by atoms with Crippen LogP contribution in [0.25, 0.3) is 10.8 Å². The lowest BCUT2D eigenvalue weighted by molar-refractivity contribution is -0.121. The number of hydrogen-bond acceptors (Lipinski definition) is 3. The van der Waals surface area contributed by atoms with Crippen molar-refractivity contribution in [2.24, 2.45) is 5.92 Å². The van der Waals surface area contributed by atoms with E-state index in [1.165, 1.54) is 25.7 Å². The molecule has 1 fully saturated rings. The summed E-state index contributed by atoms with van der Waals surface area (Å²) >= 11 is 0. The first-order valence-corrected chi connectivity index (χ1v) is 8.14. The molecule has 0 bridgehead atoms. The molecule has 3 rings (SSSR count). The van der Waals surface area contributed by atoms with Gasteiger partial charge in [-0.2, -0.15) is 0 Å². The van der Waals surface area contributed by atoms with Gasteiger partial charge in [-0.15, -0.1) is 0 Å². The summed E-state index contributed by atoms with van der Waals surface area (Å²) in [6.45, 7) is 0.458. The van der Waals surface area contributed by atoms with Crippen molar-refractivity contribution in [3.63, 3.8) is 0 Å². The highest BCUT2D eigenvalue weighted by atomic mass is 16.2. The fourth-order valence-corrected chi connectivity index (χ4v) is 3.27. The Bertz CT molecular complexity index is 816. The molecule has 1 aliphatic carbocycles. The lowest BCUT2D eigenvalue weighted by Gasteiger charge is -2.11. The molecule has 0 saturated heterocycles. The van der Waals surface area contributed by atoms with Crippen LogP contribution >= 0.6 is 0 Å². The monoisotopic (exact) mass is 315 g/mol. The van der Waals surface area contributed by atoms with E-state index >= 15 is 0 Å². The molecule has 0 spiro atoms. The summed E-state index contributed by atoms with van der Waals surface area (Å²) in [6, 6.07) is 6.61. The fourth-order valence-electron chi connectivity index (χ4n) is 3.27. The first-order valence-electron chi connectivity index (χ1n) is 8.14. The standard InChI is InChI=1S/C17H21N3O3/c21-15(18-10-9-12-5-1-2-6-12)11-20-17(23)14-8-4-3-7-13(14)16(22)19-20/h3-4,7-8,12H,1-2,5-6,9-11H2,(H,18,21)(H,19,22). The molecule has 1 heterocycles. The lowest BCUT2D eigenvalue weighted by atomic mass is 10.0. The van der Waals surface area contributed by atoms with Gasteiger partial charge in [0.15, 0.2) is 0 Å². The molecule has 0 aliphatic heterocycles. The van der Waals surface area contributed by atoms with E-state index in [4.69, 9.17) is 0 Å². The molecular weight excluding hydrogens is 294 g/mol. The molecule has 1 aromatic heterocycles. The normalized spacial score (nSPS) is 15.1. The van der Waals surface area contributed by atoms with Crippen LogP contribution in [0.1, 0.15) is 32.1 Å². The van der Waals surface area contributed by atoms with E-state index in [1.54, 1.807) is 24.3 Å². The molecule has 1 aliphatic rings. The summed E-state index contributed by atoms with van der Waals surface area (Å²) in [5.74, 6) is 0.453. The van der Waals surface area contributed by atoms with Gasteiger partial charge in [-0.1, -0.05) is 37.8 Å². The molecule has 1 amide bonds. The Labute approximate surface area is 133 Å². The number of hydrogen-bond donors (Lipinski definition) is 2. The van der Waals surface area contributed by atoms with Crippen molar-refractivity contribution in [2.45, 2.75) is 38.6 Å². The quantitative estimate of drug-likeness (QED) is 0.874. The number of nitrogens with one attached hydrogen (secondary N) is 2. The van der Waals surface area contributed by atoms with Crippen LogP contribution in [0.5, 0.6) is 0 Å². The highest BCUT2D eigenvalue weighted by molar-refractivity contribution is 5.81. The third-order valence-corrected chi connectivity index (χ3v) is 4.53. The highest BCUT2D eigenvalue weighted by Gasteiger charge is 2.15. The average molecular weight is 315 g/mol. The van der Waals surface area contributed by atoms with Crippen molar-refractivity contribution in [3.8, 4) is 0 Å². The first kappa shape index (κ1) is 15.5. The number of aromatic nitrogens is 2. The Hall–Kier alpha value is -2.37. The zero-order chi connectivity index (χ0) is 16.2. The van der Waals surface area contributed by atoms with Crippen molar-refractivity contribution >= 4 is 16.7 Å². The van der Waals surface area contributed by atoms with Gasteiger partial charge < -0.3 is 5.32 Å². The van der Waals surface area contributed by atoms with Gasteiger partial charge in [0.25, 0.3) is 11.1 Å². The molecular formula is C17H21N3O3. The van der Waals surface area contributed by atoms with Crippen LogP contribution in [0.2, 0.25) is 0 Å². The second-order valence-electron chi connectivity index (χ2n) is 6.17. The molecule has 0 unspecified atom stereocenters. The number of rotatable bonds is 5. The van der Waals surface area contributed by atoms with Crippen LogP contribution in [0.4, 0.5) is 0 Å². The minimum atomic E-state index is -0.362. The van der Waals surface area contributed by atoms with E-state index < -0.39 is 0 Å². The Kier molecular flexibility index (Phi) is 4.60. The van der Waals surface area contributed by atoms with Crippen LogP contribution in [0.3, 0.4) is 0 Å². The maximum absolute atomic E-state index is 12.3. The van der Waals surface area contributed by atoms with Gasteiger partial charge in [0, 0.05) is 6.54 Å². The molecule has 6 nitrogen and oxygen atoms in total. The fraction of sp³-hybridized carbons (Fsp3) is 0.471. The van der Waals surface area contributed by atoms with Crippen LogP contribution in [-0.4, -0.2) is 22.2 Å². The third kappa shape index (κ3) is 3.52. The largest absolute Gasteiger partial charge is 0.354 e. The van der Waals surface area contributed by atoms with Crippen molar-refractivity contribution in [1.29, 1.82) is 0 Å². The molecule has 1 saturated carbocycles. The molecule has 122 valence electrons. The van der Waals surface area contributed by atoms with Gasteiger partial charge in [-0.05, 0) is 24.5 Å². The highest BCUT2D eigenvalue weighted by Crippen LogP contribution is 2.26. The summed E-state index contributed by atoms with van der Waals surface area (Å²) < 4.78 is 1.08. The van der Waals surface area contributed by atoms with E-state index in [1.807, 2.05) is 0 Å². The van der Waals surface area contributed by atoms with E-state index in [-0.39, 0.29) is 23.6 Å². The summed E-state index contributed by atoms with van der Waals surface area (Å²) in [7, 11) is 0. The van der Waals surface area contributed by atoms with E-state index in [2.05, 4.69) is 10.4 Å². The van der Waals surface area contributed by atoms with Gasteiger partial charge in [-0.3, -0.25) is 19.5 Å². The smallest absolute Gasteiger partial charge is 0.273 e. The number of aromatic amines is 1. The molecule has 0 radical (unpaired) electrons. The maximum atomic E-state index is 12.3. The minimum absolute atomic E-state index is 0.163. The van der Waals surface area contributed by atoms with Crippen LogP contribution in [0.15, 0.2) is 33.9 Å². The lowest BCUT2D eigenvalue weighted by Crippen LogP contribution is -2.37. The number of carbonyl (C=O) groups is 1. The Morgan fingerprint density at radius 1 is 1.17 bits per heavy atom. The van der Waals surface area contributed by atoms with E-state index in [9.17, 15) is 14.4 Å². The van der Waals surface area contributed by atoms with Crippen molar-refractivity contribution < 1.29 is 4.79 Å². The van der Waals surface area contributed by atoms with Crippen LogP contribution in [0, 0.1) is 5.92 Å². The zero-order valence-corrected chi connectivity index (χ0v) is 13.0. The number of fused-ring (bicyclic) bond motifs is 1. The Morgan fingerprint density at radius 3 is 2.61 bits per heavy atom. The van der Waals surface area contributed by atoms with E-state index in [0.29, 0.717) is 23.2 Å². The van der Waals surface area contributed by atoms with Crippen LogP contribution in [-0.2, 0) is 11.3 Å². The second-order valence-corrected chi connectivity index (χ2v) is 6.17. The number of nitrogens with zero attached hydrogens (tertiary/aromatic N) is 1. The third-order valence-electron chi connectivity index (χ3n) is 4.53. The van der Waals surface area contributed by atoms with Gasteiger partial charge >= 0.3 is 0 Å². The molecule has 0 atom stereocenters. The zero-order valence-electron chi connectivity index (χ0n) is 13.0. The SMILES string of the molecule is O=C(Cn1[nH]c(=O)c2ccccc2c1=O)NCCC1CCCC1. The van der Waals surface area contributed by atoms with E-state index in [0.717, 1.165) is 11.1 Å². The predicted molar refractivity (Wildman–Crippen MR) is 88.4 cm³/mol. The molecule has 6 heteroatoms. The summed E-state index contributed by atoms with van der Waals surface area (Å²) in [5, 5.41) is 5.97.